The molecule has 118 valence electrons. The summed E-state index contributed by atoms with van der Waals surface area (Å²) < 4.78 is 5.50. The van der Waals surface area contributed by atoms with Crippen molar-refractivity contribution in [3.05, 3.63) is 29.8 Å². The summed E-state index contributed by atoms with van der Waals surface area (Å²) in [6.07, 6.45) is 0.166. The van der Waals surface area contributed by atoms with E-state index in [1.165, 1.54) is 0 Å². The van der Waals surface area contributed by atoms with E-state index in [0.717, 1.165) is 11.3 Å². The molecule has 0 radical (unpaired) electrons. The molecule has 1 aromatic carbocycles. The summed E-state index contributed by atoms with van der Waals surface area (Å²) in [6.45, 7) is 7.24. The fourth-order valence-corrected chi connectivity index (χ4v) is 2.02. The number of aliphatic hydroxyl groups is 1. The number of aliphatic hydroxyl groups excluding tert-OH is 1. The summed E-state index contributed by atoms with van der Waals surface area (Å²) in [7, 11) is 0. The molecule has 5 heteroatoms. The van der Waals surface area contributed by atoms with Gasteiger partial charge in [0, 0.05) is 18.7 Å². The Labute approximate surface area is 126 Å². The van der Waals surface area contributed by atoms with E-state index in [1.54, 1.807) is 0 Å². The summed E-state index contributed by atoms with van der Waals surface area (Å²) in [6, 6.07) is 7.31. The molecular weight excluding hydrogens is 268 g/mol. The summed E-state index contributed by atoms with van der Waals surface area (Å²) in [4.78, 5) is 11.7. The first-order valence-corrected chi connectivity index (χ1v) is 7.43. The van der Waals surface area contributed by atoms with Crippen LogP contribution in [0.1, 0.15) is 32.8 Å². The largest absolute Gasteiger partial charge is 0.494 e. The monoisotopic (exact) mass is 294 g/mol. The van der Waals surface area contributed by atoms with Gasteiger partial charge in [0.05, 0.1) is 12.7 Å². The molecule has 1 aromatic rings. The van der Waals surface area contributed by atoms with Crippen molar-refractivity contribution in [1.29, 1.82) is 0 Å². The van der Waals surface area contributed by atoms with Gasteiger partial charge in [-0.1, -0.05) is 32.0 Å². The molecule has 3 N–H and O–H groups in total. The van der Waals surface area contributed by atoms with Gasteiger partial charge in [0.15, 0.2) is 0 Å². The second-order valence-corrected chi connectivity index (χ2v) is 5.39. The number of benzene rings is 1. The molecule has 0 aliphatic carbocycles. The van der Waals surface area contributed by atoms with E-state index < -0.39 is 6.10 Å². The molecule has 1 rings (SSSR count). The van der Waals surface area contributed by atoms with Crippen molar-refractivity contribution in [1.82, 2.24) is 10.6 Å². The highest BCUT2D eigenvalue weighted by atomic mass is 16.5. The molecule has 0 spiro atoms. The number of ether oxygens (including phenoxy) is 1. The topological polar surface area (TPSA) is 70.6 Å². The number of nitrogens with one attached hydrogen (secondary N) is 2. The van der Waals surface area contributed by atoms with Crippen LogP contribution >= 0.6 is 0 Å². The Kier molecular flexibility index (Phi) is 7.61. The lowest BCUT2D eigenvalue weighted by molar-refractivity contribution is 0.147. The third kappa shape index (κ3) is 6.99. The average molecular weight is 294 g/mol. The maximum Gasteiger partial charge on any atom is 0.315 e. The maximum absolute atomic E-state index is 11.7. The quantitative estimate of drug-likeness (QED) is 0.689. The average Bonchev–Trinajstić information content (AvgIpc) is 2.44. The van der Waals surface area contributed by atoms with Gasteiger partial charge >= 0.3 is 6.03 Å². The highest BCUT2D eigenvalue weighted by Crippen LogP contribution is 2.17. The number of para-hydroxylation sites is 1. The van der Waals surface area contributed by atoms with Gasteiger partial charge in [0.2, 0.25) is 0 Å². The highest BCUT2D eigenvalue weighted by Gasteiger charge is 2.09. The predicted molar refractivity (Wildman–Crippen MR) is 83.3 cm³/mol. The van der Waals surface area contributed by atoms with Crippen LogP contribution in [0.2, 0.25) is 0 Å². The fourth-order valence-electron chi connectivity index (χ4n) is 2.02. The second kappa shape index (κ2) is 9.23. The first-order valence-electron chi connectivity index (χ1n) is 7.43. The molecule has 0 aliphatic rings. The molecule has 0 saturated heterocycles. The number of carbonyl (C=O) groups excluding carboxylic acids is 1. The fraction of sp³-hybridized carbons (Fsp3) is 0.562. The van der Waals surface area contributed by atoms with Crippen molar-refractivity contribution in [2.75, 3.05) is 13.2 Å². The van der Waals surface area contributed by atoms with Gasteiger partial charge in [0.1, 0.15) is 5.75 Å². The van der Waals surface area contributed by atoms with Gasteiger partial charge in [-0.05, 0) is 25.3 Å². The number of carbonyl (C=O) groups is 1. The third-order valence-corrected chi connectivity index (χ3v) is 2.95. The Hall–Kier alpha value is -1.75. The van der Waals surface area contributed by atoms with Gasteiger partial charge in [-0.15, -0.1) is 0 Å². The first kappa shape index (κ1) is 17.3. The van der Waals surface area contributed by atoms with Crippen LogP contribution in [0.5, 0.6) is 5.75 Å². The van der Waals surface area contributed by atoms with E-state index in [2.05, 4.69) is 10.6 Å². The number of amides is 2. The molecule has 5 nitrogen and oxygen atoms in total. The Morgan fingerprint density at radius 1 is 1.29 bits per heavy atom. The van der Waals surface area contributed by atoms with Gasteiger partial charge < -0.3 is 20.5 Å². The Morgan fingerprint density at radius 2 is 2.00 bits per heavy atom. The number of rotatable bonds is 8. The van der Waals surface area contributed by atoms with Crippen molar-refractivity contribution in [2.24, 2.45) is 5.92 Å². The summed E-state index contributed by atoms with van der Waals surface area (Å²) >= 11 is 0. The predicted octanol–water partition coefficient (Wildman–Crippen LogP) is 2.29. The normalized spacial score (nSPS) is 12.0. The van der Waals surface area contributed by atoms with Crippen LogP contribution in [0.4, 0.5) is 4.79 Å². The Bertz CT molecular complexity index is 435. The lowest BCUT2D eigenvalue weighted by atomic mass is 10.1. The summed E-state index contributed by atoms with van der Waals surface area (Å²) in [5.74, 6) is 1.18. The molecule has 1 unspecified atom stereocenters. The van der Waals surface area contributed by atoms with Gasteiger partial charge in [-0.25, -0.2) is 4.79 Å². The van der Waals surface area contributed by atoms with Crippen molar-refractivity contribution < 1.29 is 14.6 Å². The van der Waals surface area contributed by atoms with Crippen LogP contribution in [-0.2, 0) is 6.54 Å². The molecule has 21 heavy (non-hydrogen) atoms. The number of hydrogen-bond acceptors (Lipinski definition) is 3. The zero-order valence-electron chi connectivity index (χ0n) is 13.1. The van der Waals surface area contributed by atoms with Gasteiger partial charge in [-0.3, -0.25) is 0 Å². The van der Waals surface area contributed by atoms with Crippen LogP contribution in [0.3, 0.4) is 0 Å². The zero-order chi connectivity index (χ0) is 15.7. The Morgan fingerprint density at radius 3 is 2.67 bits per heavy atom. The van der Waals surface area contributed by atoms with E-state index in [-0.39, 0.29) is 12.6 Å². The molecule has 0 bridgehead atoms. The van der Waals surface area contributed by atoms with E-state index >= 15 is 0 Å². The van der Waals surface area contributed by atoms with Crippen molar-refractivity contribution in [2.45, 2.75) is 39.8 Å². The molecule has 0 aliphatic heterocycles. The standard InChI is InChI=1S/C16H26N2O3/c1-4-21-15-8-6-5-7-13(15)10-17-16(20)18-11-14(19)9-12(2)3/h5-8,12,14,19H,4,9-11H2,1-3H3,(H2,17,18,20). The van der Waals surface area contributed by atoms with E-state index in [4.69, 9.17) is 4.74 Å². The summed E-state index contributed by atoms with van der Waals surface area (Å²) in [5, 5.41) is 15.1. The molecule has 1 atom stereocenters. The second-order valence-electron chi connectivity index (χ2n) is 5.39. The van der Waals surface area contributed by atoms with Gasteiger partial charge in [0.25, 0.3) is 0 Å². The molecule has 0 saturated carbocycles. The smallest absolute Gasteiger partial charge is 0.315 e. The van der Waals surface area contributed by atoms with Crippen LogP contribution < -0.4 is 15.4 Å². The minimum atomic E-state index is -0.508. The number of urea groups is 1. The highest BCUT2D eigenvalue weighted by molar-refractivity contribution is 5.73. The Balaban J connectivity index is 2.36. The minimum Gasteiger partial charge on any atom is -0.494 e. The number of hydrogen-bond donors (Lipinski definition) is 3. The van der Waals surface area contributed by atoms with Crippen LogP contribution in [0.15, 0.2) is 24.3 Å². The lowest BCUT2D eigenvalue weighted by Crippen LogP contribution is -2.39. The molecule has 0 aromatic heterocycles. The lowest BCUT2D eigenvalue weighted by Gasteiger charge is -2.15. The zero-order valence-corrected chi connectivity index (χ0v) is 13.1. The van der Waals surface area contributed by atoms with E-state index in [0.29, 0.717) is 25.5 Å². The molecule has 0 fully saturated rings. The third-order valence-electron chi connectivity index (χ3n) is 2.95. The first-order chi connectivity index (χ1) is 10.0. The maximum atomic E-state index is 11.7. The van der Waals surface area contributed by atoms with Crippen LogP contribution in [0, 0.1) is 5.92 Å². The minimum absolute atomic E-state index is 0.261. The summed E-state index contributed by atoms with van der Waals surface area (Å²) in [5.41, 5.74) is 0.928. The van der Waals surface area contributed by atoms with Crippen molar-refractivity contribution in [3.63, 3.8) is 0 Å². The van der Waals surface area contributed by atoms with Crippen LogP contribution in [0.25, 0.3) is 0 Å². The van der Waals surface area contributed by atoms with Crippen LogP contribution in [-0.4, -0.2) is 30.4 Å². The van der Waals surface area contributed by atoms with Crippen molar-refractivity contribution >= 4 is 6.03 Å². The molecular formula is C16H26N2O3. The van der Waals surface area contributed by atoms with Crippen molar-refractivity contribution in [3.8, 4) is 5.75 Å². The van der Waals surface area contributed by atoms with E-state index in [9.17, 15) is 9.90 Å². The van der Waals surface area contributed by atoms with E-state index in [1.807, 2.05) is 45.0 Å². The van der Waals surface area contributed by atoms with Gasteiger partial charge in [-0.2, -0.15) is 0 Å². The molecule has 2 amide bonds. The molecule has 0 heterocycles. The SMILES string of the molecule is CCOc1ccccc1CNC(=O)NCC(O)CC(C)C.